The van der Waals surface area contributed by atoms with Gasteiger partial charge in [-0.3, -0.25) is 0 Å². The van der Waals surface area contributed by atoms with E-state index in [0.29, 0.717) is 17.5 Å². The summed E-state index contributed by atoms with van der Waals surface area (Å²) < 4.78 is 11.4. The Kier molecular flexibility index (Phi) is 7.03. The molecule has 4 heterocycles. The van der Waals surface area contributed by atoms with E-state index in [1.165, 1.54) is 42.1 Å². The van der Waals surface area contributed by atoms with Crippen LogP contribution in [0.4, 0.5) is 0 Å². The lowest BCUT2D eigenvalue weighted by atomic mass is 10.0. The third kappa shape index (κ3) is 5.12. The molecule has 5 nitrogen and oxygen atoms in total. The Morgan fingerprint density at radius 2 is 0.965 bits per heavy atom. The molecule has 4 aromatic heterocycles. The van der Waals surface area contributed by atoms with E-state index < -0.39 is 0 Å². The Hall–Kier alpha value is -7.41. The van der Waals surface area contributed by atoms with Gasteiger partial charge in [0, 0.05) is 70.2 Å². The summed E-state index contributed by atoms with van der Waals surface area (Å²) in [6.07, 6.45) is 0. The minimum Gasteiger partial charge on any atom is -0.456 e. The zero-order valence-corrected chi connectivity index (χ0v) is 31.2. The zero-order chi connectivity index (χ0) is 37.5. The number of hydrogen-bond donors (Lipinski definition) is 0. The normalized spacial score (nSPS) is 11.9. The Morgan fingerprint density at radius 1 is 0.386 bits per heavy atom. The summed E-state index contributed by atoms with van der Waals surface area (Å²) in [6.45, 7) is 0. The molecule has 0 saturated heterocycles. The molecule has 0 aliphatic rings. The van der Waals surface area contributed by atoms with Gasteiger partial charge in [0.1, 0.15) is 11.2 Å². The molecule has 0 aliphatic heterocycles. The first-order valence-electron chi connectivity index (χ1n) is 19.0. The number of para-hydroxylation sites is 2. The van der Waals surface area contributed by atoms with Crippen molar-refractivity contribution in [3.05, 3.63) is 182 Å². The van der Waals surface area contributed by atoms with Gasteiger partial charge in [0.05, 0.1) is 11.0 Å². The molecule has 8 aromatic carbocycles. The minimum absolute atomic E-state index is 0.600. The van der Waals surface area contributed by atoms with Gasteiger partial charge >= 0.3 is 0 Å². The molecule has 0 bridgehead atoms. The molecule has 12 rings (SSSR count). The van der Waals surface area contributed by atoms with E-state index in [2.05, 4.69) is 144 Å². The first-order valence-corrected chi connectivity index (χ1v) is 19.8. The smallest absolute Gasteiger partial charge is 0.164 e. The van der Waals surface area contributed by atoms with Crippen molar-refractivity contribution in [1.82, 2.24) is 19.5 Å². The van der Waals surface area contributed by atoms with Crippen molar-refractivity contribution >= 4 is 75.3 Å². The zero-order valence-electron chi connectivity index (χ0n) is 30.4. The number of benzene rings is 8. The molecular formula is C51H30N4OS. The van der Waals surface area contributed by atoms with Crippen LogP contribution in [0, 0.1) is 0 Å². The molecule has 0 aliphatic carbocycles. The fourth-order valence-electron chi connectivity index (χ4n) is 8.41. The van der Waals surface area contributed by atoms with Crippen molar-refractivity contribution in [2.24, 2.45) is 0 Å². The lowest BCUT2D eigenvalue weighted by Gasteiger charge is -2.10. The molecule has 12 aromatic rings. The second-order valence-corrected chi connectivity index (χ2v) is 15.5. The summed E-state index contributed by atoms with van der Waals surface area (Å²) in [5.74, 6) is 1.85. The average Bonchev–Trinajstić information content (AvgIpc) is 3.95. The molecular weight excluding hydrogens is 717 g/mol. The van der Waals surface area contributed by atoms with Gasteiger partial charge < -0.3 is 8.98 Å². The van der Waals surface area contributed by atoms with E-state index in [-0.39, 0.29) is 0 Å². The van der Waals surface area contributed by atoms with Gasteiger partial charge in [-0.25, -0.2) is 15.0 Å². The Balaban J connectivity index is 1.02. The highest BCUT2D eigenvalue weighted by Gasteiger charge is 2.20. The molecule has 6 heteroatoms. The van der Waals surface area contributed by atoms with Crippen LogP contribution in [0.25, 0.3) is 115 Å². The lowest BCUT2D eigenvalue weighted by Crippen LogP contribution is -2.00. The van der Waals surface area contributed by atoms with Crippen LogP contribution in [0.15, 0.2) is 186 Å². The number of aromatic nitrogens is 4. The van der Waals surface area contributed by atoms with Crippen LogP contribution in [0.2, 0.25) is 0 Å². The fourth-order valence-corrected chi connectivity index (χ4v) is 9.59. The maximum Gasteiger partial charge on any atom is 0.164 e. The van der Waals surface area contributed by atoms with Crippen molar-refractivity contribution in [1.29, 1.82) is 0 Å². The number of thiophene rings is 1. The second-order valence-electron chi connectivity index (χ2n) is 14.4. The van der Waals surface area contributed by atoms with Crippen molar-refractivity contribution < 1.29 is 4.42 Å². The molecule has 0 spiro atoms. The Bertz CT molecular complexity index is 3470. The summed E-state index contributed by atoms with van der Waals surface area (Å²) in [7, 11) is 0. The van der Waals surface area contributed by atoms with Crippen LogP contribution in [0.3, 0.4) is 0 Å². The number of fused-ring (bicyclic) bond motifs is 9. The molecule has 57 heavy (non-hydrogen) atoms. The summed E-state index contributed by atoms with van der Waals surface area (Å²) in [4.78, 5) is 15.4. The Morgan fingerprint density at radius 3 is 1.68 bits per heavy atom. The largest absolute Gasteiger partial charge is 0.456 e. The van der Waals surface area contributed by atoms with E-state index in [9.17, 15) is 0 Å². The number of rotatable bonds is 5. The second kappa shape index (κ2) is 12.6. The predicted molar refractivity (Wildman–Crippen MR) is 236 cm³/mol. The maximum absolute atomic E-state index is 6.64. The molecule has 0 amide bonds. The van der Waals surface area contributed by atoms with E-state index in [1.807, 2.05) is 42.5 Å². The maximum atomic E-state index is 6.64. The molecule has 0 unspecified atom stereocenters. The monoisotopic (exact) mass is 746 g/mol. The fraction of sp³-hybridized carbons (Fsp3) is 0. The van der Waals surface area contributed by atoms with Crippen LogP contribution in [0.1, 0.15) is 0 Å². The third-order valence-corrected chi connectivity index (χ3v) is 12.2. The molecule has 0 atom stereocenters. The first kappa shape index (κ1) is 31.9. The van der Waals surface area contributed by atoms with Crippen LogP contribution in [-0.4, -0.2) is 19.5 Å². The summed E-state index contributed by atoms with van der Waals surface area (Å²) in [5.41, 5.74) is 10.2. The number of hydrogen-bond acceptors (Lipinski definition) is 5. The quantitative estimate of drug-likeness (QED) is 0.176. The van der Waals surface area contributed by atoms with Gasteiger partial charge in [-0.05, 0) is 53.6 Å². The topological polar surface area (TPSA) is 56.7 Å². The van der Waals surface area contributed by atoms with Crippen molar-refractivity contribution in [2.75, 3.05) is 0 Å². The third-order valence-electron chi connectivity index (χ3n) is 11.1. The van der Waals surface area contributed by atoms with Gasteiger partial charge in [0.2, 0.25) is 0 Å². The van der Waals surface area contributed by atoms with Gasteiger partial charge in [-0.15, -0.1) is 11.3 Å². The Labute approximate surface area is 330 Å². The molecule has 0 fully saturated rings. The van der Waals surface area contributed by atoms with Gasteiger partial charge in [0.15, 0.2) is 17.5 Å². The van der Waals surface area contributed by atoms with Crippen LogP contribution >= 0.6 is 11.3 Å². The highest BCUT2D eigenvalue weighted by atomic mass is 32.1. The molecule has 0 radical (unpaired) electrons. The van der Waals surface area contributed by atoms with Crippen LogP contribution in [0.5, 0.6) is 0 Å². The molecule has 266 valence electrons. The van der Waals surface area contributed by atoms with Crippen molar-refractivity contribution in [3.63, 3.8) is 0 Å². The molecule has 0 N–H and O–H groups in total. The summed E-state index contributed by atoms with van der Waals surface area (Å²) in [6, 6.07) is 63.8. The van der Waals surface area contributed by atoms with E-state index >= 15 is 0 Å². The standard InChI is InChI=1S/C51H30N4OS/c1-3-12-31(13-4-1)33-22-25-38-39-26-23-34(29-47(39)57-46(38)28-33)50-52-49(32-14-5-2-6-15-32)53-51(54-50)41-18-11-21-44-48(41)40-27-24-35(30-45(40)56-44)55-42-19-9-7-16-36(42)37-17-8-10-20-43(37)55/h1-30H. The van der Waals surface area contributed by atoms with E-state index in [1.54, 1.807) is 11.3 Å². The number of nitrogens with zero attached hydrogens (tertiary/aromatic N) is 4. The van der Waals surface area contributed by atoms with E-state index in [4.69, 9.17) is 19.4 Å². The summed E-state index contributed by atoms with van der Waals surface area (Å²) >= 11 is 1.80. The number of furan rings is 1. The van der Waals surface area contributed by atoms with Crippen LogP contribution < -0.4 is 0 Å². The van der Waals surface area contributed by atoms with Gasteiger partial charge in [0.25, 0.3) is 0 Å². The molecule has 0 saturated carbocycles. The van der Waals surface area contributed by atoms with Crippen molar-refractivity contribution in [2.45, 2.75) is 0 Å². The first-order chi connectivity index (χ1) is 28.2. The lowest BCUT2D eigenvalue weighted by molar-refractivity contribution is 0.668. The van der Waals surface area contributed by atoms with Gasteiger partial charge in [-0.1, -0.05) is 133 Å². The predicted octanol–water partition coefficient (Wildman–Crippen LogP) is 13.9. The highest BCUT2D eigenvalue weighted by Crippen LogP contribution is 2.41. The van der Waals surface area contributed by atoms with Crippen molar-refractivity contribution in [3.8, 4) is 51.0 Å². The minimum atomic E-state index is 0.600. The van der Waals surface area contributed by atoms with E-state index in [0.717, 1.165) is 55.3 Å². The van der Waals surface area contributed by atoms with Gasteiger partial charge in [-0.2, -0.15) is 0 Å². The van der Waals surface area contributed by atoms with Crippen LogP contribution in [-0.2, 0) is 0 Å². The average molecular weight is 747 g/mol. The highest BCUT2D eigenvalue weighted by molar-refractivity contribution is 7.25. The summed E-state index contributed by atoms with van der Waals surface area (Å²) in [5, 5.41) is 6.92. The SMILES string of the molecule is c1ccc(-c2ccc3c(c2)sc2cc(-c4nc(-c5ccccc5)nc(-c5cccc6oc7cc(-n8c9ccccc9c9ccccc98)ccc7c56)n4)ccc23)cc1.